The zero-order valence-electron chi connectivity index (χ0n) is 13.9. The van der Waals surface area contributed by atoms with Crippen LogP contribution in [0.1, 0.15) is 11.1 Å². The van der Waals surface area contributed by atoms with Crippen molar-refractivity contribution in [2.45, 2.75) is 0 Å². The van der Waals surface area contributed by atoms with Crippen LogP contribution in [0.5, 0.6) is 5.75 Å². The lowest BCUT2D eigenvalue weighted by atomic mass is 9.96. The highest BCUT2D eigenvalue weighted by Gasteiger charge is 2.20. The molecule has 0 aliphatic heterocycles. The SMILES string of the molecule is C=C/C(=C\N=C)CNc1nc(N)c(C#N)c(-c2ccc(O)cc2)c1C#N. The summed E-state index contributed by atoms with van der Waals surface area (Å²) in [6, 6.07) is 10.2. The first kappa shape index (κ1) is 18.2. The van der Waals surface area contributed by atoms with Crippen LogP contribution in [0, 0.1) is 22.7 Å². The van der Waals surface area contributed by atoms with Crippen molar-refractivity contribution in [1.82, 2.24) is 4.98 Å². The molecule has 1 heterocycles. The second-order valence-corrected chi connectivity index (χ2v) is 5.19. The van der Waals surface area contributed by atoms with Gasteiger partial charge in [0, 0.05) is 18.3 Å². The molecular formula is C19H16N6O. The molecular weight excluding hydrogens is 328 g/mol. The second-order valence-electron chi connectivity index (χ2n) is 5.19. The van der Waals surface area contributed by atoms with Crippen LogP contribution in [-0.2, 0) is 0 Å². The predicted molar refractivity (Wildman–Crippen MR) is 101 cm³/mol. The molecule has 0 fully saturated rings. The van der Waals surface area contributed by atoms with Crippen molar-refractivity contribution >= 4 is 18.4 Å². The minimum atomic E-state index is 0.00283. The first-order chi connectivity index (χ1) is 12.5. The van der Waals surface area contributed by atoms with Gasteiger partial charge in [0.25, 0.3) is 0 Å². The van der Waals surface area contributed by atoms with Gasteiger partial charge in [-0.2, -0.15) is 10.5 Å². The van der Waals surface area contributed by atoms with E-state index < -0.39 is 0 Å². The van der Waals surface area contributed by atoms with Crippen LogP contribution >= 0.6 is 0 Å². The second kappa shape index (κ2) is 8.13. The molecule has 4 N–H and O–H groups in total. The number of nitrogens with one attached hydrogen (secondary N) is 1. The lowest BCUT2D eigenvalue weighted by molar-refractivity contribution is 0.475. The highest BCUT2D eigenvalue weighted by atomic mass is 16.3. The van der Waals surface area contributed by atoms with Gasteiger partial charge < -0.3 is 16.2 Å². The first-order valence-corrected chi connectivity index (χ1v) is 7.50. The molecule has 0 atom stereocenters. The number of nitrogens with two attached hydrogens (primary N) is 1. The summed E-state index contributed by atoms with van der Waals surface area (Å²) >= 11 is 0. The Morgan fingerprint density at radius 1 is 1.27 bits per heavy atom. The summed E-state index contributed by atoms with van der Waals surface area (Å²) in [6.45, 7) is 7.36. The number of pyridine rings is 1. The van der Waals surface area contributed by atoms with Crippen LogP contribution in [-0.4, -0.2) is 23.4 Å². The number of phenolic OH excluding ortho intramolecular Hbond substituents is 1. The number of hydrogen-bond donors (Lipinski definition) is 3. The van der Waals surface area contributed by atoms with E-state index in [4.69, 9.17) is 5.73 Å². The number of rotatable bonds is 6. The number of nitrogen functional groups attached to an aromatic ring is 1. The molecule has 2 rings (SSSR count). The van der Waals surface area contributed by atoms with Gasteiger partial charge in [0.05, 0.1) is 0 Å². The van der Waals surface area contributed by atoms with Gasteiger partial charge in [-0.1, -0.05) is 24.8 Å². The Hall–Kier alpha value is -4.10. The first-order valence-electron chi connectivity index (χ1n) is 7.50. The molecule has 26 heavy (non-hydrogen) atoms. The Morgan fingerprint density at radius 2 is 1.92 bits per heavy atom. The van der Waals surface area contributed by atoms with Gasteiger partial charge in [-0.15, -0.1) is 0 Å². The van der Waals surface area contributed by atoms with Crippen LogP contribution in [0.4, 0.5) is 11.6 Å². The molecule has 0 aliphatic carbocycles. The van der Waals surface area contributed by atoms with Gasteiger partial charge in [-0.25, -0.2) is 4.98 Å². The van der Waals surface area contributed by atoms with Gasteiger partial charge >= 0.3 is 0 Å². The van der Waals surface area contributed by atoms with E-state index in [0.29, 0.717) is 17.7 Å². The maximum absolute atomic E-state index is 9.66. The summed E-state index contributed by atoms with van der Waals surface area (Å²) < 4.78 is 0. The minimum absolute atomic E-state index is 0.00283. The predicted octanol–water partition coefficient (Wildman–Crippen LogP) is 2.96. The fourth-order valence-corrected chi connectivity index (χ4v) is 2.34. The van der Waals surface area contributed by atoms with E-state index in [2.05, 4.69) is 34.7 Å². The molecule has 0 spiro atoms. The van der Waals surface area contributed by atoms with Gasteiger partial charge in [0.15, 0.2) is 0 Å². The van der Waals surface area contributed by atoms with E-state index in [1.165, 1.54) is 18.3 Å². The number of nitriles is 2. The summed E-state index contributed by atoms with van der Waals surface area (Å²) in [5.74, 6) is 0.316. The molecule has 1 aromatic carbocycles. The van der Waals surface area contributed by atoms with Crippen LogP contribution in [0.3, 0.4) is 0 Å². The van der Waals surface area contributed by atoms with Crippen LogP contribution < -0.4 is 11.1 Å². The normalized spacial score (nSPS) is 10.5. The van der Waals surface area contributed by atoms with Crippen molar-refractivity contribution in [2.75, 3.05) is 17.6 Å². The summed E-state index contributed by atoms with van der Waals surface area (Å²) in [4.78, 5) is 7.83. The van der Waals surface area contributed by atoms with Crippen LogP contribution in [0.2, 0.25) is 0 Å². The number of nitrogens with zero attached hydrogens (tertiary/aromatic N) is 4. The largest absolute Gasteiger partial charge is 0.508 e. The Kier molecular flexibility index (Phi) is 5.71. The van der Waals surface area contributed by atoms with Gasteiger partial charge in [0.2, 0.25) is 0 Å². The Bertz CT molecular complexity index is 961. The Labute approximate surface area is 151 Å². The number of hydrogen-bond acceptors (Lipinski definition) is 7. The third-order valence-electron chi connectivity index (χ3n) is 3.58. The standard InChI is InChI=1S/C19H16N6O/c1-3-12(10-23-2)11-24-19-16(9-21)17(15(8-20)18(22)25-19)13-4-6-14(26)7-5-13/h3-7,10,26H,1-2,11H2,(H3,22,24,25)/b12-10+. The van der Waals surface area contributed by atoms with Crippen molar-refractivity contribution in [2.24, 2.45) is 4.99 Å². The molecule has 0 saturated carbocycles. The van der Waals surface area contributed by atoms with E-state index in [-0.39, 0.29) is 28.5 Å². The number of anilines is 2. The fraction of sp³-hybridized carbons (Fsp3) is 0.0526. The highest BCUT2D eigenvalue weighted by molar-refractivity contribution is 5.85. The highest BCUT2D eigenvalue weighted by Crippen LogP contribution is 2.34. The lowest BCUT2D eigenvalue weighted by Gasteiger charge is -2.14. The Morgan fingerprint density at radius 3 is 2.46 bits per heavy atom. The van der Waals surface area contributed by atoms with Crippen molar-refractivity contribution in [3.8, 4) is 29.0 Å². The maximum atomic E-state index is 9.66. The molecule has 0 bridgehead atoms. The third kappa shape index (κ3) is 3.69. The summed E-state index contributed by atoms with van der Waals surface area (Å²) in [5, 5.41) is 31.6. The molecule has 128 valence electrons. The quantitative estimate of drug-likeness (QED) is 0.545. The molecule has 2 aromatic rings. The molecule has 0 radical (unpaired) electrons. The number of benzene rings is 1. The van der Waals surface area contributed by atoms with E-state index >= 15 is 0 Å². The molecule has 0 saturated heterocycles. The average Bonchev–Trinajstić information content (AvgIpc) is 2.65. The van der Waals surface area contributed by atoms with Gasteiger partial charge in [-0.3, -0.25) is 4.99 Å². The summed E-state index contributed by atoms with van der Waals surface area (Å²) in [7, 11) is 0. The monoisotopic (exact) mass is 344 g/mol. The van der Waals surface area contributed by atoms with E-state index in [0.717, 1.165) is 5.57 Å². The average molecular weight is 344 g/mol. The number of aromatic hydroxyl groups is 1. The fourth-order valence-electron chi connectivity index (χ4n) is 2.34. The Balaban J connectivity index is 2.62. The van der Waals surface area contributed by atoms with Crippen molar-refractivity contribution in [1.29, 1.82) is 10.5 Å². The van der Waals surface area contributed by atoms with Crippen LogP contribution in [0.15, 0.2) is 53.7 Å². The number of aliphatic imine (C=N–C) groups is 1. The summed E-state index contributed by atoms with van der Waals surface area (Å²) in [6.07, 6.45) is 3.13. The molecule has 7 nitrogen and oxygen atoms in total. The molecule has 7 heteroatoms. The molecule has 0 unspecified atom stereocenters. The lowest BCUT2D eigenvalue weighted by Crippen LogP contribution is -2.11. The summed E-state index contributed by atoms with van der Waals surface area (Å²) in [5.41, 5.74) is 7.87. The number of phenols is 1. The van der Waals surface area contributed by atoms with E-state index in [1.54, 1.807) is 18.2 Å². The van der Waals surface area contributed by atoms with E-state index in [1.807, 2.05) is 6.07 Å². The minimum Gasteiger partial charge on any atom is -0.508 e. The molecule has 0 amide bonds. The number of aromatic nitrogens is 1. The smallest absolute Gasteiger partial charge is 0.147 e. The zero-order valence-corrected chi connectivity index (χ0v) is 13.9. The van der Waals surface area contributed by atoms with Crippen molar-refractivity contribution in [3.05, 3.63) is 59.8 Å². The topological polar surface area (TPSA) is 131 Å². The van der Waals surface area contributed by atoms with Gasteiger partial charge in [-0.05, 0) is 30.0 Å². The van der Waals surface area contributed by atoms with Crippen molar-refractivity contribution < 1.29 is 5.11 Å². The molecule has 0 aliphatic rings. The maximum Gasteiger partial charge on any atom is 0.147 e. The van der Waals surface area contributed by atoms with Gasteiger partial charge in [0.1, 0.15) is 40.7 Å². The van der Waals surface area contributed by atoms with Crippen LogP contribution in [0.25, 0.3) is 11.1 Å². The van der Waals surface area contributed by atoms with E-state index in [9.17, 15) is 15.6 Å². The zero-order chi connectivity index (χ0) is 19.1. The molecule has 1 aromatic heterocycles. The third-order valence-corrected chi connectivity index (χ3v) is 3.58. The van der Waals surface area contributed by atoms with Crippen molar-refractivity contribution in [3.63, 3.8) is 0 Å².